The molecule has 2 nitrogen and oxygen atoms in total. The molecule has 0 N–H and O–H groups in total. The van der Waals surface area contributed by atoms with Gasteiger partial charge in [0.25, 0.3) is 0 Å². The number of thioether (sulfide) groups is 2. The van der Waals surface area contributed by atoms with E-state index in [2.05, 4.69) is 17.1 Å². The van der Waals surface area contributed by atoms with E-state index >= 15 is 0 Å². The predicted octanol–water partition coefficient (Wildman–Crippen LogP) is 5.71. The maximum atomic E-state index is 12.3. The molecule has 112 valence electrons. The molecule has 1 aliphatic rings. The molecular weight excluding hydrogens is 357 g/mol. The Bertz CT molecular complexity index is 734. The van der Waals surface area contributed by atoms with Crippen molar-refractivity contribution in [1.82, 2.24) is 0 Å². The fourth-order valence-corrected chi connectivity index (χ4v) is 4.78. The van der Waals surface area contributed by atoms with Gasteiger partial charge in [0, 0.05) is 10.6 Å². The minimum atomic E-state index is -0.110. The normalized spacial score (nSPS) is 17.4. The Labute approximate surface area is 147 Å². The zero-order valence-corrected chi connectivity index (χ0v) is 14.5. The summed E-state index contributed by atoms with van der Waals surface area (Å²) in [6, 6.07) is 15.1. The first-order valence-electron chi connectivity index (χ1n) is 6.57. The molecular formula is C16H11Cl2NOS2. The van der Waals surface area contributed by atoms with Gasteiger partial charge in [-0.05, 0) is 35.5 Å². The lowest BCUT2D eigenvalue weighted by Crippen LogP contribution is -1.98. The summed E-state index contributed by atoms with van der Waals surface area (Å²) in [6.45, 7) is 0.693. The van der Waals surface area contributed by atoms with Gasteiger partial charge in [-0.2, -0.15) is 0 Å². The van der Waals surface area contributed by atoms with Crippen LogP contribution in [0.1, 0.15) is 21.2 Å². The van der Waals surface area contributed by atoms with Crippen molar-refractivity contribution >= 4 is 56.2 Å². The quantitative estimate of drug-likeness (QED) is 0.680. The second-order valence-electron chi connectivity index (χ2n) is 4.64. The van der Waals surface area contributed by atoms with Crippen LogP contribution >= 0.6 is 46.7 Å². The molecule has 0 spiro atoms. The first-order valence-corrected chi connectivity index (χ1v) is 9.02. The molecule has 22 heavy (non-hydrogen) atoms. The van der Waals surface area contributed by atoms with Crippen LogP contribution in [0.2, 0.25) is 10.0 Å². The fraction of sp³-hybridized carbons (Fsp3) is 0.125. The van der Waals surface area contributed by atoms with Crippen molar-refractivity contribution in [2.75, 3.05) is 6.54 Å². The molecule has 0 radical (unpaired) electrons. The maximum absolute atomic E-state index is 12.3. The highest BCUT2D eigenvalue weighted by Crippen LogP contribution is 2.40. The largest absolute Gasteiger partial charge is 0.281 e. The highest BCUT2D eigenvalue weighted by molar-refractivity contribution is 8.45. The molecule has 2 aromatic carbocycles. The number of carbonyl (C=O) groups excluding carboxylic acids is 1. The molecule has 0 amide bonds. The van der Waals surface area contributed by atoms with Crippen molar-refractivity contribution in [2.24, 2.45) is 4.99 Å². The summed E-state index contributed by atoms with van der Waals surface area (Å²) in [7, 11) is 0. The zero-order chi connectivity index (χ0) is 15.5. The molecule has 0 fully saturated rings. The van der Waals surface area contributed by atoms with Gasteiger partial charge in [-0.15, -0.1) is 0 Å². The molecule has 0 bridgehead atoms. The molecule has 2 aromatic rings. The van der Waals surface area contributed by atoms with Crippen molar-refractivity contribution in [3.8, 4) is 0 Å². The number of nitrogens with zero attached hydrogens (tertiary/aromatic N) is 1. The number of hydrogen-bond acceptors (Lipinski definition) is 4. The highest BCUT2D eigenvalue weighted by atomic mass is 35.5. The van der Waals surface area contributed by atoms with E-state index in [1.165, 1.54) is 5.56 Å². The van der Waals surface area contributed by atoms with Gasteiger partial charge in [-0.3, -0.25) is 9.79 Å². The summed E-state index contributed by atoms with van der Waals surface area (Å²) in [5.74, 6) is 0. The molecule has 0 aliphatic carbocycles. The number of benzene rings is 2. The van der Waals surface area contributed by atoms with Gasteiger partial charge in [-0.25, -0.2) is 0 Å². The summed E-state index contributed by atoms with van der Waals surface area (Å²) < 4.78 is 0.782. The second-order valence-corrected chi connectivity index (χ2v) is 7.89. The Morgan fingerprint density at radius 2 is 1.95 bits per heavy atom. The zero-order valence-electron chi connectivity index (χ0n) is 11.3. The standard InChI is InChI=1S/C16H11Cl2NOS2/c17-11-6-7-12(13(18)8-11)15(20)22-16-19-9-14(21-16)10-4-2-1-3-5-10/h1-8,14H,9H2. The summed E-state index contributed by atoms with van der Waals surface area (Å²) in [4.78, 5) is 16.8. The SMILES string of the molecule is O=C(SC1=NCC(c2ccccc2)S1)c1ccc(Cl)cc1Cl. The molecule has 6 heteroatoms. The number of hydrogen-bond donors (Lipinski definition) is 0. The van der Waals surface area contributed by atoms with Gasteiger partial charge in [0.15, 0.2) is 0 Å². The van der Waals surface area contributed by atoms with Crippen molar-refractivity contribution in [1.29, 1.82) is 0 Å². The van der Waals surface area contributed by atoms with E-state index in [9.17, 15) is 4.79 Å². The van der Waals surface area contributed by atoms with Crippen LogP contribution < -0.4 is 0 Å². The van der Waals surface area contributed by atoms with E-state index < -0.39 is 0 Å². The molecule has 1 heterocycles. The summed E-state index contributed by atoms with van der Waals surface area (Å²) in [5.41, 5.74) is 1.69. The monoisotopic (exact) mass is 367 g/mol. The van der Waals surface area contributed by atoms with E-state index in [1.54, 1.807) is 30.0 Å². The smallest absolute Gasteiger partial charge is 0.227 e. The second kappa shape index (κ2) is 7.09. The first-order chi connectivity index (χ1) is 10.6. The van der Waals surface area contributed by atoms with Crippen LogP contribution in [0.5, 0.6) is 0 Å². The Kier molecular flexibility index (Phi) is 5.14. The van der Waals surface area contributed by atoms with Crippen LogP contribution in [0, 0.1) is 0 Å². The summed E-state index contributed by atoms with van der Waals surface area (Å²) in [5, 5.41) is 1.05. The van der Waals surface area contributed by atoms with Crippen LogP contribution in [0.25, 0.3) is 0 Å². The number of carbonyl (C=O) groups is 1. The first kappa shape index (κ1) is 15.9. The van der Waals surface area contributed by atoms with E-state index in [1.807, 2.05) is 18.2 Å². The van der Waals surface area contributed by atoms with E-state index in [0.29, 0.717) is 22.2 Å². The van der Waals surface area contributed by atoms with E-state index in [-0.39, 0.29) is 10.4 Å². The fourth-order valence-electron chi connectivity index (χ4n) is 2.04. The molecule has 1 unspecified atom stereocenters. The van der Waals surface area contributed by atoms with Crippen molar-refractivity contribution in [3.05, 3.63) is 69.7 Å². The Morgan fingerprint density at radius 1 is 1.18 bits per heavy atom. The Morgan fingerprint density at radius 3 is 2.68 bits per heavy atom. The number of halogens is 2. The average molecular weight is 368 g/mol. The number of aliphatic imine (C=N–C) groups is 1. The molecule has 0 saturated carbocycles. The van der Waals surface area contributed by atoms with Gasteiger partial charge in [0.1, 0.15) is 4.38 Å². The van der Waals surface area contributed by atoms with Crippen molar-refractivity contribution in [3.63, 3.8) is 0 Å². The molecule has 0 aromatic heterocycles. The average Bonchev–Trinajstić information content (AvgIpc) is 2.96. The Balaban J connectivity index is 1.66. The third kappa shape index (κ3) is 3.69. The predicted molar refractivity (Wildman–Crippen MR) is 97.5 cm³/mol. The van der Waals surface area contributed by atoms with Gasteiger partial charge in [-0.1, -0.05) is 65.3 Å². The van der Waals surface area contributed by atoms with Crippen LogP contribution in [-0.4, -0.2) is 16.0 Å². The van der Waals surface area contributed by atoms with Gasteiger partial charge in [0.05, 0.1) is 16.8 Å². The van der Waals surface area contributed by atoms with Gasteiger partial charge >= 0.3 is 0 Å². The topological polar surface area (TPSA) is 29.4 Å². The van der Waals surface area contributed by atoms with Crippen LogP contribution in [-0.2, 0) is 0 Å². The van der Waals surface area contributed by atoms with Crippen molar-refractivity contribution in [2.45, 2.75) is 5.25 Å². The lowest BCUT2D eigenvalue weighted by molar-refractivity contribution is 0.109. The maximum Gasteiger partial charge on any atom is 0.227 e. The molecule has 1 aliphatic heterocycles. The number of rotatable bonds is 2. The molecule has 0 saturated heterocycles. The minimum absolute atomic E-state index is 0.110. The van der Waals surface area contributed by atoms with Crippen molar-refractivity contribution < 1.29 is 4.79 Å². The van der Waals surface area contributed by atoms with Crippen LogP contribution in [0.15, 0.2) is 53.5 Å². The Hall–Kier alpha value is -0.940. The molecule has 3 rings (SSSR count). The lowest BCUT2D eigenvalue weighted by atomic mass is 10.1. The van der Waals surface area contributed by atoms with Crippen LogP contribution in [0.3, 0.4) is 0 Å². The van der Waals surface area contributed by atoms with Gasteiger partial charge < -0.3 is 0 Å². The highest BCUT2D eigenvalue weighted by Gasteiger charge is 2.24. The van der Waals surface area contributed by atoms with E-state index in [0.717, 1.165) is 16.1 Å². The van der Waals surface area contributed by atoms with E-state index in [4.69, 9.17) is 23.2 Å². The van der Waals surface area contributed by atoms with Gasteiger partial charge in [0.2, 0.25) is 5.12 Å². The molecule has 1 atom stereocenters. The minimum Gasteiger partial charge on any atom is -0.281 e. The third-order valence-corrected chi connectivity index (χ3v) is 5.96. The third-order valence-electron chi connectivity index (χ3n) is 3.13. The van der Waals surface area contributed by atoms with Crippen LogP contribution in [0.4, 0.5) is 0 Å². The summed E-state index contributed by atoms with van der Waals surface area (Å²) in [6.07, 6.45) is 0. The lowest BCUT2D eigenvalue weighted by Gasteiger charge is -2.08. The summed E-state index contributed by atoms with van der Waals surface area (Å²) >= 11 is 14.7.